The number of rotatable bonds is 6. The largest absolute Gasteiger partial charge is 0.452 e. The Labute approximate surface area is 155 Å². The number of urea groups is 1. The number of imide groups is 1. The van der Waals surface area contributed by atoms with E-state index < -0.39 is 35.5 Å². The molecule has 0 saturated carbocycles. The molecule has 0 bridgehead atoms. The topological polar surface area (TPSA) is 105 Å². The van der Waals surface area contributed by atoms with Crippen molar-refractivity contribution < 1.29 is 23.9 Å². The van der Waals surface area contributed by atoms with Gasteiger partial charge in [-0.3, -0.25) is 19.3 Å². The lowest BCUT2D eigenvalue weighted by molar-refractivity contribution is -0.153. The second-order valence-corrected chi connectivity index (χ2v) is 6.83. The molecule has 1 aromatic carbocycles. The summed E-state index contributed by atoms with van der Waals surface area (Å²) in [6.07, 6.45) is -1.23. The second kappa shape index (κ2) is 7.74. The van der Waals surface area contributed by atoms with Gasteiger partial charge >= 0.3 is 12.0 Å². The van der Waals surface area contributed by atoms with Crippen molar-refractivity contribution >= 4 is 41.1 Å². The Bertz CT molecular complexity index is 732. The van der Waals surface area contributed by atoms with Crippen LogP contribution in [0.3, 0.4) is 0 Å². The molecule has 0 aliphatic carbocycles. The van der Waals surface area contributed by atoms with Crippen LogP contribution in [0.25, 0.3) is 0 Å². The summed E-state index contributed by atoms with van der Waals surface area (Å²) in [6, 6.07) is 5.92. The van der Waals surface area contributed by atoms with Gasteiger partial charge in [0, 0.05) is 17.3 Å². The molecule has 1 aliphatic rings. The van der Waals surface area contributed by atoms with E-state index in [2.05, 4.69) is 10.6 Å². The zero-order chi connectivity index (χ0) is 19.5. The molecule has 1 aliphatic heterocycles. The Kier molecular flexibility index (Phi) is 5.86. The van der Waals surface area contributed by atoms with Gasteiger partial charge in [0.15, 0.2) is 6.10 Å². The number of carbonyl (C=O) groups excluding carboxylic acids is 4. The summed E-state index contributed by atoms with van der Waals surface area (Å²) in [5, 5.41) is 5.65. The van der Waals surface area contributed by atoms with Gasteiger partial charge in [-0.2, -0.15) is 0 Å². The number of nitrogens with one attached hydrogen (secondary N) is 2. The van der Waals surface area contributed by atoms with Gasteiger partial charge in [-0.25, -0.2) is 4.79 Å². The van der Waals surface area contributed by atoms with Crippen molar-refractivity contribution in [1.82, 2.24) is 10.2 Å². The number of nitrogens with zero attached hydrogens (tertiary/aromatic N) is 1. The first-order chi connectivity index (χ1) is 12.1. The summed E-state index contributed by atoms with van der Waals surface area (Å²) in [6.45, 7) is 4.47. The van der Waals surface area contributed by atoms with Gasteiger partial charge in [0.25, 0.3) is 11.8 Å². The highest BCUT2D eigenvalue weighted by Gasteiger charge is 2.44. The minimum atomic E-state index is -1.03. The number of anilines is 1. The molecule has 2 N–H and O–H groups in total. The fourth-order valence-corrected chi connectivity index (χ4v) is 2.44. The molecule has 0 aromatic heterocycles. The standard InChI is InChI=1S/C17H20ClN3O5/c1-10(14(23)19-12-6-4-11(18)5-7-12)26-13(22)8-9-21-15(24)17(2,3)20-16(21)25/h4-7,10H,8-9H2,1-3H3,(H,19,23)(H,20,25)/t10-/m1/s1. The number of amides is 4. The van der Waals surface area contributed by atoms with Gasteiger partial charge in [-0.1, -0.05) is 11.6 Å². The first-order valence-corrected chi connectivity index (χ1v) is 8.38. The van der Waals surface area contributed by atoms with E-state index in [1.165, 1.54) is 6.92 Å². The number of hydrogen-bond acceptors (Lipinski definition) is 5. The van der Waals surface area contributed by atoms with Crippen LogP contribution in [0.15, 0.2) is 24.3 Å². The summed E-state index contributed by atoms with van der Waals surface area (Å²) < 4.78 is 5.04. The van der Waals surface area contributed by atoms with Crippen LogP contribution in [0.5, 0.6) is 0 Å². The second-order valence-electron chi connectivity index (χ2n) is 6.39. The Balaban J connectivity index is 1.81. The molecule has 1 fully saturated rings. The smallest absolute Gasteiger partial charge is 0.325 e. The van der Waals surface area contributed by atoms with E-state index >= 15 is 0 Å². The van der Waals surface area contributed by atoms with Crippen LogP contribution in [0, 0.1) is 0 Å². The maximum Gasteiger partial charge on any atom is 0.325 e. The lowest BCUT2D eigenvalue weighted by atomic mass is 10.1. The van der Waals surface area contributed by atoms with Crippen LogP contribution in [-0.4, -0.2) is 46.9 Å². The quantitative estimate of drug-likeness (QED) is 0.578. The number of esters is 1. The fourth-order valence-electron chi connectivity index (χ4n) is 2.31. The number of halogens is 1. The molecule has 0 spiro atoms. The fraction of sp³-hybridized carbons (Fsp3) is 0.412. The SMILES string of the molecule is C[C@@H](OC(=O)CCN1C(=O)NC(C)(C)C1=O)C(=O)Nc1ccc(Cl)cc1. The van der Waals surface area contributed by atoms with Crippen LogP contribution >= 0.6 is 11.6 Å². The Morgan fingerprint density at radius 3 is 2.42 bits per heavy atom. The lowest BCUT2D eigenvalue weighted by Crippen LogP contribution is -2.40. The van der Waals surface area contributed by atoms with Gasteiger partial charge in [0.05, 0.1) is 6.42 Å². The van der Waals surface area contributed by atoms with Crippen LogP contribution in [-0.2, 0) is 19.1 Å². The first-order valence-electron chi connectivity index (χ1n) is 8.00. The third-order valence-electron chi connectivity index (χ3n) is 3.77. The van der Waals surface area contributed by atoms with Gasteiger partial charge in [0.2, 0.25) is 0 Å². The summed E-state index contributed by atoms with van der Waals surface area (Å²) in [4.78, 5) is 48.7. The zero-order valence-corrected chi connectivity index (χ0v) is 15.4. The minimum Gasteiger partial charge on any atom is -0.452 e. The predicted octanol–water partition coefficient (Wildman–Crippen LogP) is 1.93. The molecule has 1 saturated heterocycles. The van der Waals surface area contributed by atoms with Crippen LogP contribution in [0.4, 0.5) is 10.5 Å². The molecule has 140 valence electrons. The monoisotopic (exact) mass is 381 g/mol. The maximum atomic E-state index is 12.0. The molecule has 1 aromatic rings. The van der Waals surface area contributed by atoms with Gasteiger partial charge in [-0.15, -0.1) is 0 Å². The highest BCUT2D eigenvalue weighted by molar-refractivity contribution is 6.30. The van der Waals surface area contributed by atoms with Crippen molar-refractivity contribution in [2.75, 3.05) is 11.9 Å². The Morgan fingerprint density at radius 2 is 1.88 bits per heavy atom. The molecule has 4 amide bonds. The molecule has 0 radical (unpaired) electrons. The van der Waals surface area contributed by atoms with Crippen molar-refractivity contribution in [2.24, 2.45) is 0 Å². The maximum absolute atomic E-state index is 12.0. The van der Waals surface area contributed by atoms with E-state index in [4.69, 9.17) is 16.3 Å². The highest BCUT2D eigenvalue weighted by atomic mass is 35.5. The average Bonchev–Trinajstić information content (AvgIpc) is 2.75. The summed E-state index contributed by atoms with van der Waals surface area (Å²) in [5.74, 6) is -1.60. The van der Waals surface area contributed by atoms with E-state index in [0.29, 0.717) is 10.7 Å². The Hall–Kier alpha value is -2.61. The van der Waals surface area contributed by atoms with Crippen molar-refractivity contribution in [2.45, 2.75) is 38.8 Å². The van der Waals surface area contributed by atoms with Crippen LogP contribution in [0.1, 0.15) is 27.2 Å². The molecule has 9 heteroatoms. The Morgan fingerprint density at radius 1 is 1.27 bits per heavy atom. The summed E-state index contributed by atoms with van der Waals surface area (Å²) in [5.41, 5.74) is -0.476. The van der Waals surface area contributed by atoms with E-state index in [-0.39, 0.29) is 13.0 Å². The van der Waals surface area contributed by atoms with Gasteiger partial charge < -0.3 is 15.4 Å². The molecular formula is C17H20ClN3O5. The predicted molar refractivity (Wildman–Crippen MR) is 94.6 cm³/mol. The van der Waals surface area contributed by atoms with E-state index in [0.717, 1.165) is 4.90 Å². The van der Waals surface area contributed by atoms with Crippen molar-refractivity contribution in [3.8, 4) is 0 Å². The lowest BCUT2D eigenvalue weighted by Gasteiger charge is -2.17. The van der Waals surface area contributed by atoms with Gasteiger partial charge in [-0.05, 0) is 45.0 Å². The molecule has 26 heavy (non-hydrogen) atoms. The minimum absolute atomic E-state index is 0.113. The zero-order valence-electron chi connectivity index (χ0n) is 14.7. The number of ether oxygens (including phenoxy) is 1. The normalized spacial score (nSPS) is 16.8. The van der Waals surface area contributed by atoms with Gasteiger partial charge in [0.1, 0.15) is 5.54 Å². The van der Waals surface area contributed by atoms with Crippen LogP contribution < -0.4 is 10.6 Å². The molecule has 1 atom stereocenters. The molecular weight excluding hydrogens is 362 g/mol. The number of carbonyl (C=O) groups is 4. The van der Waals surface area contributed by atoms with Crippen LogP contribution in [0.2, 0.25) is 5.02 Å². The van der Waals surface area contributed by atoms with Crippen molar-refractivity contribution in [1.29, 1.82) is 0 Å². The number of hydrogen-bond donors (Lipinski definition) is 2. The third kappa shape index (κ3) is 4.72. The summed E-state index contributed by atoms with van der Waals surface area (Å²) in [7, 11) is 0. The number of benzene rings is 1. The average molecular weight is 382 g/mol. The van der Waals surface area contributed by atoms with Crippen molar-refractivity contribution in [3.05, 3.63) is 29.3 Å². The van der Waals surface area contributed by atoms with E-state index in [1.54, 1.807) is 38.1 Å². The first kappa shape index (κ1) is 19.7. The molecule has 1 heterocycles. The third-order valence-corrected chi connectivity index (χ3v) is 4.03. The molecule has 8 nitrogen and oxygen atoms in total. The summed E-state index contributed by atoms with van der Waals surface area (Å²) >= 11 is 5.77. The van der Waals surface area contributed by atoms with E-state index in [1.807, 2.05) is 0 Å². The molecule has 0 unspecified atom stereocenters. The van der Waals surface area contributed by atoms with Crippen molar-refractivity contribution in [3.63, 3.8) is 0 Å². The highest BCUT2D eigenvalue weighted by Crippen LogP contribution is 2.17. The molecule has 2 rings (SSSR count). The van der Waals surface area contributed by atoms with E-state index in [9.17, 15) is 19.2 Å².